The summed E-state index contributed by atoms with van der Waals surface area (Å²) in [5.41, 5.74) is 6.58. The molecule has 0 saturated heterocycles. The minimum atomic E-state index is 0.763. The predicted molar refractivity (Wildman–Crippen MR) is 90.3 cm³/mol. The van der Waals surface area contributed by atoms with E-state index in [1.807, 2.05) is 0 Å². The Labute approximate surface area is 127 Å². The van der Waals surface area contributed by atoms with Crippen LogP contribution in [-0.2, 0) is 6.54 Å². The van der Waals surface area contributed by atoms with Crippen LogP contribution in [0.25, 0.3) is 0 Å². The lowest BCUT2D eigenvalue weighted by atomic mass is 10.1. The maximum Gasteiger partial charge on any atom is 0.0437 e. The van der Waals surface area contributed by atoms with Crippen LogP contribution >= 0.6 is 0 Å². The van der Waals surface area contributed by atoms with Crippen LogP contribution in [0.5, 0.6) is 0 Å². The van der Waals surface area contributed by atoms with Gasteiger partial charge in [0.2, 0.25) is 0 Å². The highest BCUT2D eigenvalue weighted by atomic mass is 15.1. The zero-order valence-electron chi connectivity index (χ0n) is 13.2. The average molecular weight is 280 g/mol. The smallest absolute Gasteiger partial charge is 0.0437 e. The van der Waals surface area contributed by atoms with E-state index in [4.69, 9.17) is 0 Å². The van der Waals surface area contributed by atoms with Crippen LogP contribution in [0.15, 0.2) is 42.5 Å². The van der Waals surface area contributed by atoms with E-state index in [-0.39, 0.29) is 0 Å². The summed E-state index contributed by atoms with van der Waals surface area (Å²) in [5.74, 6) is 0. The van der Waals surface area contributed by atoms with Crippen LogP contribution in [0.1, 0.15) is 29.5 Å². The zero-order chi connectivity index (χ0) is 14.8. The van der Waals surface area contributed by atoms with Gasteiger partial charge >= 0.3 is 0 Å². The van der Waals surface area contributed by atoms with Crippen LogP contribution in [0, 0.1) is 13.8 Å². The summed E-state index contributed by atoms with van der Waals surface area (Å²) in [7, 11) is 2.14. The summed E-state index contributed by atoms with van der Waals surface area (Å²) in [6.45, 7) is 5.36. The summed E-state index contributed by atoms with van der Waals surface area (Å²) in [5, 5.41) is 3.59. The number of nitrogens with zero attached hydrogens (tertiary/aromatic N) is 1. The van der Waals surface area contributed by atoms with Crippen molar-refractivity contribution < 1.29 is 0 Å². The van der Waals surface area contributed by atoms with E-state index in [2.05, 4.69) is 73.6 Å². The minimum Gasteiger partial charge on any atom is -0.344 e. The van der Waals surface area contributed by atoms with Gasteiger partial charge in [-0.3, -0.25) is 0 Å². The summed E-state index contributed by atoms with van der Waals surface area (Å²) in [4.78, 5) is 2.26. The molecule has 0 heterocycles. The number of hydrogen-bond acceptors (Lipinski definition) is 2. The Hall–Kier alpha value is -1.80. The van der Waals surface area contributed by atoms with Crippen molar-refractivity contribution in [3.05, 3.63) is 59.2 Å². The Morgan fingerprint density at radius 3 is 2.48 bits per heavy atom. The molecular weight excluding hydrogens is 256 g/mol. The third kappa shape index (κ3) is 3.27. The number of nitrogens with one attached hydrogen (secondary N) is 1. The number of rotatable bonds is 5. The number of benzene rings is 2. The number of hydrogen-bond donors (Lipinski definition) is 1. The van der Waals surface area contributed by atoms with Gasteiger partial charge in [-0.05, 0) is 61.6 Å². The molecule has 1 aliphatic carbocycles. The van der Waals surface area contributed by atoms with Gasteiger partial charge in [0.05, 0.1) is 0 Å². The lowest BCUT2D eigenvalue weighted by Gasteiger charge is -2.22. The third-order valence-electron chi connectivity index (χ3n) is 4.35. The first-order valence-corrected chi connectivity index (χ1v) is 7.77. The molecule has 2 aromatic rings. The van der Waals surface area contributed by atoms with E-state index in [0.717, 1.165) is 12.6 Å². The van der Waals surface area contributed by atoms with Crippen LogP contribution in [0.2, 0.25) is 0 Å². The molecule has 1 aliphatic rings. The highest BCUT2D eigenvalue weighted by Gasteiger charge is 2.20. The zero-order valence-corrected chi connectivity index (χ0v) is 13.2. The second-order valence-electron chi connectivity index (χ2n) is 6.11. The standard InChI is InChI=1S/C19H24N2/c1-14-6-4-5-7-19(14)21(3)18-11-8-16(15(2)12-18)13-20-17-9-10-17/h4-8,11-12,17,20H,9-10,13H2,1-3H3. The van der Waals surface area contributed by atoms with Gasteiger partial charge < -0.3 is 10.2 Å². The average Bonchev–Trinajstić information content (AvgIpc) is 3.30. The van der Waals surface area contributed by atoms with E-state index in [1.54, 1.807) is 0 Å². The Morgan fingerprint density at radius 2 is 1.81 bits per heavy atom. The van der Waals surface area contributed by atoms with Gasteiger partial charge in [-0.2, -0.15) is 0 Å². The van der Waals surface area contributed by atoms with Crippen molar-refractivity contribution in [1.29, 1.82) is 0 Å². The summed E-state index contributed by atoms with van der Waals surface area (Å²) in [6.07, 6.45) is 2.68. The highest BCUT2D eigenvalue weighted by molar-refractivity contribution is 5.66. The molecule has 3 rings (SSSR count). The Kier molecular flexibility index (Phi) is 3.98. The van der Waals surface area contributed by atoms with Crippen molar-refractivity contribution in [3.8, 4) is 0 Å². The third-order valence-corrected chi connectivity index (χ3v) is 4.35. The number of aryl methyl sites for hydroxylation is 2. The van der Waals surface area contributed by atoms with Crippen LogP contribution < -0.4 is 10.2 Å². The molecule has 0 aliphatic heterocycles. The molecule has 1 N–H and O–H groups in total. The van der Waals surface area contributed by atoms with Gasteiger partial charge in [0.15, 0.2) is 0 Å². The second kappa shape index (κ2) is 5.90. The largest absolute Gasteiger partial charge is 0.344 e. The molecule has 2 aromatic carbocycles. The Balaban J connectivity index is 1.78. The van der Waals surface area contributed by atoms with Crippen molar-refractivity contribution in [2.24, 2.45) is 0 Å². The molecule has 110 valence electrons. The van der Waals surface area contributed by atoms with Gasteiger partial charge in [-0.1, -0.05) is 24.3 Å². The van der Waals surface area contributed by atoms with Gasteiger partial charge in [0.1, 0.15) is 0 Å². The first-order chi connectivity index (χ1) is 10.1. The molecule has 21 heavy (non-hydrogen) atoms. The molecule has 0 aromatic heterocycles. The van der Waals surface area contributed by atoms with Gasteiger partial charge in [-0.25, -0.2) is 0 Å². The SMILES string of the molecule is Cc1cc(N(C)c2ccccc2C)ccc1CNC1CC1. The summed E-state index contributed by atoms with van der Waals surface area (Å²) in [6, 6.07) is 16.1. The molecule has 0 amide bonds. The van der Waals surface area contributed by atoms with E-state index in [1.165, 1.54) is 40.9 Å². The first-order valence-electron chi connectivity index (χ1n) is 7.77. The van der Waals surface area contributed by atoms with Crippen molar-refractivity contribution in [2.75, 3.05) is 11.9 Å². The molecular formula is C19H24N2. The molecule has 0 radical (unpaired) electrons. The Morgan fingerprint density at radius 1 is 1.05 bits per heavy atom. The summed E-state index contributed by atoms with van der Waals surface area (Å²) >= 11 is 0. The molecule has 2 nitrogen and oxygen atoms in total. The Bertz CT molecular complexity index is 629. The number of para-hydroxylation sites is 1. The van der Waals surface area contributed by atoms with Gasteiger partial charge in [0, 0.05) is 31.0 Å². The maximum atomic E-state index is 3.59. The van der Waals surface area contributed by atoms with E-state index < -0.39 is 0 Å². The fraction of sp³-hybridized carbons (Fsp3) is 0.368. The first kappa shape index (κ1) is 14.2. The molecule has 1 saturated carbocycles. The monoisotopic (exact) mass is 280 g/mol. The molecule has 1 fully saturated rings. The second-order valence-corrected chi connectivity index (χ2v) is 6.11. The lowest BCUT2D eigenvalue weighted by Crippen LogP contribution is -2.16. The van der Waals surface area contributed by atoms with Crippen molar-refractivity contribution >= 4 is 11.4 Å². The predicted octanol–water partition coefficient (Wildman–Crippen LogP) is 4.32. The molecule has 0 spiro atoms. The van der Waals surface area contributed by atoms with Crippen LogP contribution in [0.4, 0.5) is 11.4 Å². The normalized spacial score (nSPS) is 14.2. The highest BCUT2D eigenvalue weighted by Crippen LogP contribution is 2.28. The quantitative estimate of drug-likeness (QED) is 0.877. The topological polar surface area (TPSA) is 15.3 Å². The number of anilines is 2. The maximum absolute atomic E-state index is 3.59. The van der Waals surface area contributed by atoms with E-state index in [9.17, 15) is 0 Å². The van der Waals surface area contributed by atoms with Gasteiger partial charge in [-0.15, -0.1) is 0 Å². The van der Waals surface area contributed by atoms with E-state index >= 15 is 0 Å². The van der Waals surface area contributed by atoms with E-state index in [0.29, 0.717) is 0 Å². The van der Waals surface area contributed by atoms with Gasteiger partial charge in [0.25, 0.3) is 0 Å². The van der Waals surface area contributed by atoms with Crippen LogP contribution in [-0.4, -0.2) is 13.1 Å². The van der Waals surface area contributed by atoms with Crippen LogP contribution in [0.3, 0.4) is 0 Å². The van der Waals surface area contributed by atoms with Crippen molar-refractivity contribution in [3.63, 3.8) is 0 Å². The molecule has 0 bridgehead atoms. The molecule has 2 heteroatoms. The lowest BCUT2D eigenvalue weighted by molar-refractivity contribution is 0.685. The fourth-order valence-electron chi connectivity index (χ4n) is 2.71. The minimum absolute atomic E-state index is 0.763. The molecule has 0 unspecified atom stereocenters. The molecule has 0 atom stereocenters. The van der Waals surface area contributed by atoms with Crippen molar-refractivity contribution in [2.45, 2.75) is 39.3 Å². The fourth-order valence-corrected chi connectivity index (χ4v) is 2.71. The summed E-state index contributed by atoms with van der Waals surface area (Å²) < 4.78 is 0. The van der Waals surface area contributed by atoms with Crippen molar-refractivity contribution in [1.82, 2.24) is 5.32 Å².